The zero-order valence-electron chi connectivity index (χ0n) is 7.29. The molecule has 1 aromatic rings. The molecule has 0 saturated heterocycles. The van der Waals surface area contributed by atoms with Gasteiger partial charge in [0.15, 0.2) is 0 Å². The molecule has 0 saturated carbocycles. The highest BCUT2D eigenvalue weighted by Crippen LogP contribution is 1.99. The van der Waals surface area contributed by atoms with Crippen LogP contribution in [0.3, 0.4) is 0 Å². The number of furan rings is 1. The molecule has 3 nitrogen and oxygen atoms in total. The van der Waals surface area contributed by atoms with Crippen LogP contribution >= 0.6 is 0 Å². The van der Waals surface area contributed by atoms with E-state index in [9.17, 15) is 0 Å². The highest BCUT2D eigenvalue weighted by molar-refractivity contribution is 4.98. The molecule has 0 unspecified atom stereocenters. The Hall–Kier alpha value is -0.800. The SMILES string of the molecule is C[C@@H](O)CNCCc1ccco1. The topological polar surface area (TPSA) is 45.4 Å². The van der Waals surface area contributed by atoms with Crippen LogP contribution in [0.15, 0.2) is 22.8 Å². The lowest BCUT2D eigenvalue weighted by Crippen LogP contribution is -2.26. The number of hydrogen-bond donors (Lipinski definition) is 2. The standard InChI is InChI=1S/C9H15NO2/c1-8(11)7-10-5-4-9-3-2-6-12-9/h2-3,6,8,10-11H,4-5,7H2,1H3/t8-/m1/s1. The van der Waals surface area contributed by atoms with Crippen molar-refractivity contribution >= 4 is 0 Å². The number of nitrogens with one attached hydrogen (secondary N) is 1. The smallest absolute Gasteiger partial charge is 0.105 e. The first kappa shape index (κ1) is 9.29. The van der Waals surface area contributed by atoms with E-state index in [2.05, 4.69) is 5.32 Å². The summed E-state index contributed by atoms with van der Waals surface area (Å²) in [5.74, 6) is 0.980. The first-order valence-corrected chi connectivity index (χ1v) is 4.20. The fourth-order valence-corrected chi connectivity index (χ4v) is 0.977. The maximum atomic E-state index is 8.92. The Balaban J connectivity index is 2.04. The normalized spacial score (nSPS) is 13.2. The van der Waals surface area contributed by atoms with Crippen molar-refractivity contribution in [3.05, 3.63) is 24.2 Å². The Morgan fingerprint density at radius 2 is 2.50 bits per heavy atom. The lowest BCUT2D eigenvalue weighted by molar-refractivity contribution is 0.191. The number of rotatable bonds is 5. The fraction of sp³-hybridized carbons (Fsp3) is 0.556. The average molecular weight is 169 g/mol. The van der Waals surface area contributed by atoms with Gasteiger partial charge in [-0.2, -0.15) is 0 Å². The summed E-state index contributed by atoms with van der Waals surface area (Å²) in [6.07, 6.45) is 2.27. The molecule has 0 aliphatic carbocycles. The predicted molar refractivity (Wildman–Crippen MR) is 47.0 cm³/mol. The van der Waals surface area contributed by atoms with Crippen molar-refractivity contribution in [1.82, 2.24) is 5.32 Å². The minimum Gasteiger partial charge on any atom is -0.469 e. The van der Waals surface area contributed by atoms with E-state index < -0.39 is 0 Å². The van der Waals surface area contributed by atoms with Crippen molar-refractivity contribution < 1.29 is 9.52 Å². The molecule has 12 heavy (non-hydrogen) atoms. The first-order chi connectivity index (χ1) is 5.79. The molecule has 0 aliphatic rings. The maximum Gasteiger partial charge on any atom is 0.105 e. The van der Waals surface area contributed by atoms with Gasteiger partial charge in [-0.15, -0.1) is 0 Å². The molecule has 0 aliphatic heterocycles. The molecule has 1 rings (SSSR count). The number of aliphatic hydroxyl groups is 1. The third kappa shape index (κ3) is 3.55. The van der Waals surface area contributed by atoms with Crippen LogP contribution < -0.4 is 5.32 Å². The summed E-state index contributed by atoms with van der Waals surface area (Å²) in [6, 6.07) is 3.83. The van der Waals surface area contributed by atoms with Crippen LogP contribution in [-0.4, -0.2) is 24.3 Å². The van der Waals surface area contributed by atoms with Crippen LogP contribution in [0.5, 0.6) is 0 Å². The largest absolute Gasteiger partial charge is 0.469 e. The van der Waals surface area contributed by atoms with E-state index in [1.165, 1.54) is 0 Å². The molecule has 0 aromatic carbocycles. The second-order valence-electron chi connectivity index (χ2n) is 2.88. The molecule has 0 amide bonds. The summed E-state index contributed by atoms with van der Waals surface area (Å²) in [4.78, 5) is 0. The molecule has 2 N–H and O–H groups in total. The lowest BCUT2D eigenvalue weighted by Gasteiger charge is -2.04. The molecule has 1 atom stereocenters. The van der Waals surface area contributed by atoms with Gasteiger partial charge in [-0.25, -0.2) is 0 Å². The molecule has 0 spiro atoms. The number of hydrogen-bond acceptors (Lipinski definition) is 3. The fourth-order valence-electron chi connectivity index (χ4n) is 0.977. The predicted octanol–water partition coefficient (Wildman–Crippen LogP) is 0.792. The van der Waals surface area contributed by atoms with Crippen LogP contribution in [-0.2, 0) is 6.42 Å². The zero-order chi connectivity index (χ0) is 8.81. The Morgan fingerprint density at radius 3 is 3.08 bits per heavy atom. The highest BCUT2D eigenvalue weighted by atomic mass is 16.3. The summed E-state index contributed by atoms with van der Waals surface area (Å²) in [7, 11) is 0. The maximum absolute atomic E-state index is 8.92. The van der Waals surface area contributed by atoms with Gasteiger partial charge in [0.25, 0.3) is 0 Å². The van der Waals surface area contributed by atoms with Gasteiger partial charge in [-0.1, -0.05) is 0 Å². The molecule has 0 fully saturated rings. The third-order valence-corrected chi connectivity index (χ3v) is 1.57. The zero-order valence-corrected chi connectivity index (χ0v) is 7.29. The van der Waals surface area contributed by atoms with Crippen LogP contribution in [0.1, 0.15) is 12.7 Å². The molecular weight excluding hydrogens is 154 g/mol. The minimum absolute atomic E-state index is 0.276. The van der Waals surface area contributed by atoms with E-state index in [0.29, 0.717) is 6.54 Å². The molecule has 1 heterocycles. The Kier molecular flexibility index (Phi) is 3.84. The van der Waals surface area contributed by atoms with Crippen molar-refractivity contribution in [2.24, 2.45) is 0 Å². The van der Waals surface area contributed by atoms with Gasteiger partial charge < -0.3 is 14.8 Å². The summed E-state index contributed by atoms with van der Waals surface area (Å²) in [5, 5.41) is 12.0. The van der Waals surface area contributed by atoms with Crippen molar-refractivity contribution in [2.45, 2.75) is 19.4 Å². The second kappa shape index (κ2) is 4.95. The Bertz CT molecular complexity index is 194. The summed E-state index contributed by atoms with van der Waals surface area (Å²) >= 11 is 0. The van der Waals surface area contributed by atoms with Gasteiger partial charge in [-0.3, -0.25) is 0 Å². The second-order valence-corrected chi connectivity index (χ2v) is 2.88. The van der Waals surface area contributed by atoms with Crippen LogP contribution in [0.4, 0.5) is 0 Å². The van der Waals surface area contributed by atoms with Gasteiger partial charge in [0.1, 0.15) is 5.76 Å². The van der Waals surface area contributed by atoms with Crippen molar-refractivity contribution in [3.8, 4) is 0 Å². The average Bonchev–Trinajstić information content (AvgIpc) is 2.49. The van der Waals surface area contributed by atoms with Gasteiger partial charge in [0.05, 0.1) is 12.4 Å². The minimum atomic E-state index is -0.276. The summed E-state index contributed by atoms with van der Waals surface area (Å²) in [6.45, 7) is 3.25. The van der Waals surface area contributed by atoms with Crippen LogP contribution in [0.25, 0.3) is 0 Å². The van der Waals surface area contributed by atoms with E-state index in [4.69, 9.17) is 9.52 Å². The van der Waals surface area contributed by atoms with E-state index in [1.807, 2.05) is 12.1 Å². The quantitative estimate of drug-likeness (QED) is 0.641. The molecule has 0 bridgehead atoms. The van der Waals surface area contributed by atoms with E-state index in [-0.39, 0.29) is 6.10 Å². The van der Waals surface area contributed by atoms with E-state index in [0.717, 1.165) is 18.7 Å². The van der Waals surface area contributed by atoms with Gasteiger partial charge in [0, 0.05) is 19.5 Å². The van der Waals surface area contributed by atoms with E-state index in [1.54, 1.807) is 13.2 Å². The summed E-state index contributed by atoms with van der Waals surface area (Å²) < 4.78 is 5.14. The monoisotopic (exact) mass is 169 g/mol. The van der Waals surface area contributed by atoms with Gasteiger partial charge in [0.2, 0.25) is 0 Å². The molecule has 68 valence electrons. The first-order valence-electron chi connectivity index (χ1n) is 4.20. The lowest BCUT2D eigenvalue weighted by atomic mass is 10.3. The number of aliphatic hydroxyl groups excluding tert-OH is 1. The third-order valence-electron chi connectivity index (χ3n) is 1.57. The molecule has 0 radical (unpaired) electrons. The van der Waals surface area contributed by atoms with Crippen molar-refractivity contribution in [3.63, 3.8) is 0 Å². The highest BCUT2D eigenvalue weighted by Gasteiger charge is 1.96. The molecule has 1 aromatic heterocycles. The van der Waals surface area contributed by atoms with Gasteiger partial charge >= 0.3 is 0 Å². The van der Waals surface area contributed by atoms with Crippen molar-refractivity contribution in [2.75, 3.05) is 13.1 Å². The van der Waals surface area contributed by atoms with Gasteiger partial charge in [-0.05, 0) is 19.1 Å². The Labute approximate surface area is 72.4 Å². The Morgan fingerprint density at radius 1 is 1.67 bits per heavy atom. The summed E-state index contributed by atoms with van der Waals surface area (Å²) in [5.41, 5.74) is 0. The van der Waals surface area contributed by atoms with Crippen LogP contribution in [0.2, 0.25) is 0 Å². The molecule has 3 heteroatoms. The molecular formula is C9H15NO2. The van der Waals surface area contributed by atoms with E-state index >= 15 is 0 Å². The van der Waals surface area contributed by atoms with Crippen LogP contribution in [0, 0.1) is 0 Å². The van der Waals surface area contributed by atoms with Crippen molar-refractivity contribution in [1.29, 1.82) is 0 Å².